The van der Waals surface area contributed by atoms with Crippen molar-refractivity contribution in [1.29, 1.82) is 0 Å². The van der Waals surface area contributed by atoms with Crippen LogP contribution in [0.5, 0.6) is 0 Å². The van der Waals surface area contributed by atoms with Crippen LogP contribution < -0.4 is 0 Å². The molecule has 0 saturated heterocycles. The van der Waals surface area contributed by atoms with Crippen molar-refractivity contribution in [2.45, 2.75) is 0 Å². The van der Waals surface area contributed by atoms with Crippen molar-refractivity contribution >= 4 is 23.1 Å². The molecule has 0 aliphatic rings. The summed E-state index contributed by atoms with van der Waals surface area (Å²) in [5, 5.41) is 10.9. The van der Waals surface area contributed by atoms with Crippen LogP contribution >= 0.6 is 11.6 Å². The van der Waals surface area contributed by atoms with Gasteiger partial charge in [0.15, 0.2) is 0 Å². The summed E-state index contributed by atoms with van der Waals surface area (Å²) in [4.78, 5) is 13.8. The smallest absolute Gasteiger partial charge is 0.347 e. The topological polar surface area (TPSA) is 60.4 Å². The molecule has 0 aromatic carbocycles. The Morgan fingerprint density at radius 3 is 3.08 bits per heavy atom. The Morgan fingerprint density at radius 1 is 1.62 bits per heavy atom. The van der Waals surface area contributed by atoms with Gasteiger partial charge in [0.25, 0.3) is 0 Å². The second-order valence-electron chi connectivity index (χ2n) is 2.42. The average Bonchev–Trinajstić information content (AvgIpc) is 2.48. The van der Waals surface area contributed by atoms with Gasteiger partial charge < -0.3 is 10.1 Å². The van der Waals surface area contributed by atoms with Gasteiger partial charge >= 0.3 is 5.82 Å². The van der Waals surface area contributed by atoms with Gasteiger partial charge in [0.2, 0.25) is 5.65 Å². The van der Waals surface area contributed by atoms with E-state index in [2.05, 4.69) is 4.98 Å². The summed E-state index contributed by atoms with van der Waals surface area (Å²) in [5.41, 5.74) is 0.399. The molecule has 5 nitrogen and oxygen atoms in total. The maximum absolute atomic E-state index is 10.5. The summed E-state index contributed by atoms with van der Waals surface area (Å²) in [6, 6.07) is 3.26. The van der Waals surface area contributed by atoms with Gasteiger partial charge in [-0.05, 0) is 17.1 Å². The second-order valence-corrected chi connectivity index (χ2v) is 2.83. The summed E-state index contributed by atoms with van der Waals surface area (Å²) >= 11 is 5.77. The molecule has 0 saturated carbocycles. The predicted molar refractivity (Wildman–Crippen MR) is 46.9 cm³/mol. The first-order chi connectivity index (χ1) is 6.20. The fourth-order valence-electron chi connectivity index (χ4n) is 1.10. The molecule has 2 rings (SSSR count). The van der Waals surface area contributed by atoms with Gasteiger partial charge in [-0.2, -0.15) is 4.40 Å². The molecule has 0 unspecified atom stereocenters. The molecule has 2 heterocycles. The molecule has 13 heavy (non-hydrogen) atoms. The molecule has 0 bridgehead atoms. The highest BCUT2D eigenvalue weighted by Gasteiger charge is 2.14. The van der Waals surface area contributed by atoms with E-state index >= 15 is 0 Å². The molecule has 0 aliphatic heterocycles. The molecule has 6 heteroatoms. The average molecular weight is 198 g/mol. The number of hydrogen-bond donors (Lipinski definition) is 0. The van der Waals surface area contributed by atoms with Crippen LogP contribution in [0.3, 0.4) is 0 Å². The van der Waals surface area contributed by atoms with Crippen molar-refractivity contribution in [3.05, 3.63) is 39.7 Å². The molecule has 0 aliphatic carbocycles. The van der Waals surface area contributed by atoms with E-state index in [0.29, 0.717) is 10.7 Å². The van der Waals surface area contributed by atoms with Crippen LogP contribution in [0.2, 0.25) is 5.02 Å². The molecule has 0 N–H and O–H groups in total. The SMILES string of the molecule is O=[N+]([O-])c1cnc2c(Cl)cccn12. The van der Waals surface area contributed by atoms with Crippen molar-refractivity contribution in [2.24, 2.45) is 0 Å². The molecular formula is C7H4ClN3O2. The summed E-state index contributed by atoms with van der Waals surface area (Å²) in [6.45, 7) is 0. The van der Waals surface area contributed by atoms with Gasteiger partial charge in [-0.25, -0.2) is 4.98 Å². The summed E-state index contributed by atoms with van der Waals surface area (Å²) in [5.74, 6) is -0.0856. The predicted octanol–water partition coefficient (Wildman–Crippen LogP) is 1.90. The second kappa shape index (κ2) is 2.70. The minimum absolute atomic E-state index is 0.0856. The van der Waals surface area contributed by atoms with E-state index in [0.717, 1.165) is 0 Å². The zero-order chi connectivity index (χ0) is 9.42. The van der Waals surface area contributed by atoms with E-state index in [1.165, 1.54) is 10.6 Å². The number of hydrogen-bond acceptors (Lipinski definition) is 3. The lowest BCUT2D eigenvalue weighted by atomic mass is 10.5. The maximum atomic E-state index is 10.5. The van der Waals surface area contributed by atoms with E-state index < -0.39 is 4.92 Å². The molecule has 0 fully saturated rings. The fraction of sp³-hybridized carbons (Fsp3) is 0. The van der Waals surface area contributed by atoms with Crippen LogP contribution in [-0.4, -0.2) is 14.3 Å². The monoisotopic (exact) mass is 197 g/mol. The van der Waals surface area contributed by atoms with E-state index in [1.54, 1.807) is 18.3 Å². The van der Waals surface area contributed by atoms with Crippen LogP contribution in [0.25, 0.3) is 5.65 Å². The lowest BCUT2D eigenvalue weighted by Gasteiger charge is -1.92. The number of fused-ring (bicyclic) bond motifs is 1. The van der Waals surface area contributed by atoms with Gasteiger partial charge in [-0.3, -0.25) is 0 Å². The van der Waals surface area contributed by atoms with Gasteiger partial charge in [-0.15, -0.1) is 0 Å². The zero-order valence-electron chi connectivity index (χ0n) is 6.35. The minimum atomic E-state index is -0.504. The lowest BCUT2D eigenvalue weighted by molar-refractivity contribution is -0.390. The zero-order valence-corrected chi connectivity index (χ0v) is 7.10. The quantitative estimate of drug-likeness (QED) is 0.518. The molecule has 0 spiro atoms. The van der Waals surface area contributed by atoms with Gasteiger partial charge in [-0.1, -0.05) is 11.6 Å². The third-order valence-electron chi connectivity index (χ3n) is 1.66. The molecule has 0 radical (unpaired) electrons. The number of halogens is 1. The number of pyridine rings is 1. The first-order valence-electron chi connectivity index (χ1n) is 3.46. The Morgan fingerprint density at radius 2 is 2.38 bits per heavy atom. The summed E-state index contributed by atoms with van der Waals surface area (Å²) in [7, 11) is 0. The third-order valence-corrected chi connectivity index (χ3v) is 1.95. The van der Waals surface area contributed by atoms with Gasteiger partial charge in [0, 0.05) is 0 Å². The highest BCUT2D eigenvalue weighted by molar-refractivity contribution is 6.33. The highest BCUT2D eigenvalue weighted by Crippen LogP contribution is 2.20. The standard InChI is InChI=1S/C7H4ClN3O2/c8-5-2-1-3-10-6(11(12)13)4-9-7(5)10/h1-4H. The number of nitro groups is 1. The first-order valence-corrected chi connectivity index (χ1v) is 3.84. The van der Waals surface area contributed by atoms with Crippen LogP contribution in [0, 0.1) is 10.1 Å². The normalized spacial score (nSPS) is 10.5. The van der Waals surface area contributed by atoms with Crippen LogP contribution in [-0.2, 0) is 0 Å². The van der Waals surface area contributed by atoms with Gasteiger partial charge in [0.1, 0.15) is 11.2 Å². The highest BCUT2D eigenvalue weighted by atomic mass is 35.5. The Labute approximate surface area is 77.7 Å². The van der Waals surface area contributed by atoms with E-state index in [-0.39, 0.29) is 5.82 Å². The fourth-order valence-corrected chi connectivity index (χ4v) is 1.31. The van der Waals surface area contributed by atoms with Crippen molar-refractivity contribution in [3.8, 4) is 0 Å². The molecule has 2 aromatic heterocycles. The maximum Gasteiger partial charge on any atom is 0.347 e. The number of rotatable bonds is 1. The van der Waals surface area contributed by atoms with Crippen molar-refractivity contribution < 1.29 is 4.92 Å². The van der Waals surface area contributed by atoms with Crippen molar-refractivity contribution in [2.75, 3.05) is 0 Å². The Kier molecular flexibility index (Phi) is 1.66. The Balaban J connectivity index is 2.83. The van der Waals surface area contributed by atoms with Crippen LogP contribution in [0.1, 0.15) is 0 Å². The van der Waals surface area contributed by atoms with Crippen LogP contribution in [0.4, 0.5) is 5.82 Å². The number of imidazole rings is 1. The summed E-state index contributed by atoms with van der Waals surface area (Å²) in [6.07, 6.45) is 2.73. The first kappa shape index (κ1) is 8.00. The van der Waals surface area contributed by atoms with Gasteiger partial charge in [0.05, 0.1) is 6.20 Å². The summed E-state index contributed by atoms with van der Waals surface area (Å²) < 4.78 is 1.34. The third kappa shape index (κ3) is 1.13. The van der Waals surface area contributed by atoms with Crippen molar-refractivity contribution in [3.63, 3.8) is 0 Å². The van der Waals surface area contributed by atoms with E-state index in [4.69, 9.17) is 11.6 Å². The molecule has 0 amide bonds. The Hall–Kier alpha value is -1.62. The minimum Gasteiger partial charge on any atom is -0.358 e. The molecular weight excluding hydrogens is 194 g/mol. The van der Waals surface area contributed by atoms with Crippen molar-refractivity contribution in [1.82, 2.24) is 9.38 Å². The van der Waals surface area contributed by atoms with Crippen LogP contribution in [0.15, 0.2) is 24.5 Å². The molecule has 2 aromatic rings. The van der Waals surface area contributed by atoms with E-state index in [9.17, 15) is 10.1 Å². The molecule has 0 atom stereocenters. The number of aromatic nitrogens is 2. The molecule has 66 valence electrons. The Bertz CT molecular complexity index is 480. The number of nitrogens with zero attached hydrogens (tertiary/aromatic N) is 3. The van der Waals surface area contributed by atoms with E-state index in [1.807, 2.05) is 0 Å². The lowest BCUT2D eigenvalue weighted by Crippen LogP contribution is -1.93. The largest absolute Gasteiger partial charge is 0.358 e.